The molecule has 0 aromatic rings. The van der Waals surface area contributed by atoms with E-state index >= 15 is 0 Å². The molecule has 0 aliphatic carbocycles. The SMILES string of the molecule is CCCCCCCC(=O)OC[C@H]1O[C@@H](OC)[C@H](N)[C@@H](O)[C@@H]1O. The first-order valence-electron chi connectivity index (χ1n) is 7.96. The summed E-state index contributed by atoms with van der Waals surface area (Å²) in [4.78, 5) is 11.6. The Morgan fingerprint density at radius 2 is 1.86 bits per heavy atom. The smallest absolute Gasteiger partial charge is 0.305 e. The monoisotopic (exact) mass is 319 g/mol. The highest BCUT2D eigenvalue weighted by Crippen LogP contribution is 2.20. The quantitative estimate of drug-likeness (QED) is 0.414. The van der Waals surface area contributed by atoms with E-state index in [1.807, 2.05) is 0 Å². The van der Waals surface area contributed by atoms with Gasteiger partial charge >= 0.3 is 5.97 Å². The largest absolute Gasteiger partial charge is 0.463 e. The van der Waals surface area contributed by atoms with Crippen LogP contribution in [0, 0.1) is 0 Å². The highest BCUT2D eigenvalue weighted by molar-refractivity contribution is 5.69. The van der Waals surface area contributed by atoms with Crippen molar-refractivity contribution in [3.63, 3.8) is 0 Å². The Morgan fingerprint density at radius 3 is 2.50 bits per heavy atom. The summed E-state index contributed by atoms with van der Waals surface area (Å²) in [6.07, 6.45) is 1.53. The summed E-state index contributed by atoms with van der Waals surface area (Å²) in [6, 6.07) is -0.842. The van der Waals surface area contributed by atoms with E-state index in [9.17, 15) is 15.0 Å². The zero-order chi connectivity index (χ0) is 16.5. The zero-order valence-corrected chi connectivity index (χ0v) is 13.4. The van der Waals surface area contributed by atoms with E-state index in [4.69, 9.17) is 19.9 Å². The molecule has 1 saturated heterocycles. The van der Waals surface area contributed by atoms with Crippen molar-refractivity contribution in [2.75, 3.05) is 13.7 Å². The first-order chi connectivity index (χ1) is 10.5. The van der Waals surface area contributed by atoms with E-state index in [1.165, 1.54) is 13.5 Å². The fourth-order valence-electron chi connectivity index (χ4n) is 2.42. The summed E-state index contributed by atoms with van der Waals surface area (Å²) in [7, 11) is 1.40. The van der Waals surface area contributed by atoms with Crippen LogP contribution in [0.2, 0.25) is 0 Å². The number of methoxy groups -OCH3 is 1. The van der Waals surface area contributed by atoms with Crippen molar-refractivity contribution < 1.29 is 29.2 Å². The van der Waals surface area contributed by atoms with Crippen molar-refractivity contribution in [2.24, 2.45) is 5.73 Å². The average molecular weight is 319 g/mol. The van der Waals surface area contributed by atoms with Crippen LogP contribution in [0.1, 0.15) is 45.4 Å². The molecular formula is C15H29NO6. The van der Waals surface area contributed by atoms with Crippen LogP contribution in [0.25, 0.3) is 0 Å². The van der Waals surface area contributed by atoms with Crippen LogP contribution < -0.4 is 5.73 Å². The second-order valence-corrected chi connectivity index (χ2v) is 5.68. The van der Waals surface area contributed by atoms with Gasteiger partial charge in [0.05, 0.1) is 6.04 Å². The summed E-state index contributed by atoms with van der Waals surface area (Å²) in [5.41, 5.74) is 5.68. The average Bonchev–Trinajstić information content (AvgIpc) is 2.52. The third-order valence-electron chi connectivity index (χ3n) is 3.87. The maximum absolute atomic E-state index is 11.6. The Balaban J connectivity index is 2.29. The molecule has 0 aromatic carbocycles. The first-order valence-corrected chi connectivity index (χ1v) is 7.96. The molecule has 1 fully saturated rings. The van der Waals surface area contributed by atoms with Gasteiger partial charge in [-0.3, -0.25) is 4.79 Å². The number of unbranched alkanes of at least 4 members (excludes halogenated alkanes) is 4. The molecule has 0 unspecified atom stereocenters. The number of aliphatic hydroxyl groups is 2. The minimum atomic E-state index is -1.21. The van der Waals surface area contributed by atoms with E-state index in [0.29, 0.717) is 6.42 Å². The van der Waals surface area contributed by atoms with Gasteiger partial charge in [-0.05, 0) is 6.42 Å². The normalized spacial score (nSPS) is 32.0. The molecular weight excluding hydrogens is 290 g/mol. The van der Waals surface area contributed by atoms with Gasteiger partial charge in [-0.25, -0.2) is 0 Å². The minimum Gasteiger partial charge on any atom is -0.463 e. The van der Waals surface area contributed by atoms with Gasteiger partial charge in [0, 0.05) is 13.5 Å². The van der Waals surface area contributed by atoms with Gasteiger partial charge in [0.1, 0.15) is 24.9 Å². The lowest BCUT2D eigenvalue weighted by molar-refractivity contribution is -0.259. The lowest BCUT2D eigenvalue weighted by Crippen LogP contribution is -2.62. The molecule has 0 bridgehead atoms. The molecule has 0 saturated carbocycles. The number of hydrogen-bond donors (Lipinski definition) is 3. The summed E-state index contributed by atoms with van der Waals surface area (Å²) < 4.78 is 15.5. The van der Waals surface area contributed by atoms with Crippen LogP contribution in [0.4, 0.5) is 0 Å². The van der Waals surface area contributed by atoms with Gasteiger partial charge in [0.2, 0.25) is 0 Å². The molecule has 0 amide bonds. The third kappa shape index (κ3) is 5.81. The van der Waals surface area contributed by atoms with Crippen LogP contribution in [-0.2, 0) is 19.0 Å². The molecule has 0 aromatic heterocycles. The molecule has 1 aliphatic rings. The van der Waals surface area contributed by atoms with Crippen molar-refractivity contribution in [1.82, 2.24) is 0 Å². The summed E-state index contributed by atoms with van der Waals surface area (Å²) in [5, 5.41) is 19.7. The molecule has 130 valence electrons. The molecule has 1 rings (SSSR count). The first kappa shape index (κ1) is 19.3. The standard InChI is InChI=1S/C15H29NO6/c1-3-4-5-6-7-8-11(17)21-9-10-13(18)14(19)12(16)15(20-2)22-10/h10,12-15,18-19H,3-9,16H2,1-2H3/t10-,12-,13-,14-,15-/m1/s1. The lowest BCUT2D eigenvalue weighted by Gasteiger charge is -2.40. The topological polar surface area (TPSA) is 111 Å². The van der Waals surface area contributed by atoms with Crippen LogP contribution in [-0.4, -0.2) is 60.5 Å². The highest BCUT2D eigenvalue weighted by atomic mass is 16.7. The maximum Gasteiger partial charge on any atom is 0.305 e. The molecule has 0 spiro atoms. The Bertz CT molecular complexity index is 325. The summed E-state index contributed by atoms with van der Waals surface area (Å²) in [6.45, 7) is 2.01. The molecule has 7 heteroatoms. The van der Waals surface area contributed by atoms with E-state index in [0.717, 1.165) is 25.7 Å². The molecule has 4 N–H and O–H groups in total. The number of hydrogen-bond acceptors (Lipinski definition) is 7. The molecule has 22 heavy (non-hydrogen) atoms. The van der Waals surface area contributed by atoms with Crippen LogP contribution in [0.5, 0.6) is 0 Å². The van der Waals surface area contributed by atoms with Gasteiger partial charge in [-0.15, -0.1) is 0 Å². The number of nitrogens with two attached hydrogens (primary N) is 1. The van der Waals surface area contributed by atoms with Crippen molar-refractivity contribution >= 4 is 5.97 Å². The summed E-state index contributed by atoms with van der Waals surface area (Å²) in [5.74, 6) is -0.328. The zero-order valence-electron chi connectivity index (χ0n) is 13.4. The van der Waals surface area contributed by atoms with Crippen molar-refractivity contribution in [3.05, 3.63) is 0 Å². The van der Waals surface area contributed by atoms with Gasteiger partial charge in [0.25, 0.3) is 0 Å². The molecule has 1 aliphatic heterocycles. The Labute approximate surface area is 131 Å². The van der Waals surface area contributed by atoms with Gasteiger partial charge < -0.3 is 30.2 Å². The van der Waals surface area contributed by atoms with E-state index in [2.05, 4.69) is 6.92 Å². The Kier molecular flexibility index (Phi) is 8.89. The van der Waals surface area contributed by atoms with Crippen LogP contribution in [0.3, 0.4) is 0 Å². The Morgan fingerprint density at radius 1 is 1.18 bits per heavy atom. The molecule has 1 heterocycles. The van der Waals surface area contributed by atoms with Gasteiger partial charge in [-0.1, -0.05) is 32.6 Å². The Hall–Kier alpha value is -0.730. The van der Waals surface area contributed by atoms with E-state index < -0.39 is 30.6 Å². The maximum atomic E-state index is 11.6. The molecule has 5 atom stereocenters. The van der Waals surface area contributed by atoms with Crippen molar-refractivity contribution in [2.45, 2.75) is 76.1 Å². The van der Waals surface area contributed by atoms with Gasteiger partial charge in [0.15, 0.2) is 6.29 Å². The molecule has 0 radical (unpaired) electrons. The summed E-state index contributed by atoms with van der Waals surface area (Å²) >= 11 is 0. The lowest BCUT2D eigenvalue weighted by atomic mass is 9.98. The van der Waals surface area contributed by atoms with Crippen molar-refractivity contribution in [3.8, 4) is 0 Å². The van der Waals surface area contributed by atoms with E-state index in [1.54, 1.807) is 0 Å². The number of carbonyl (C=O) groups is 1. The fourth-order valence-corrected chi connectivity index (χ4v) is 2.42. The molecule has 7 nitrogen and oxygen atoms in total. The number of esters is 1. The second kappa shape index (κ2) is 10.1. The third-order valence-corrected chi connectivity index (χ3v) is 3.87. The number of aliphatic hydroxyl groups excluding tert-OH is 2. The predicted molar refractivity (Wildman–Crippen MR) is 80.0 cm³/mol. The fraction of sp³-hybridized carbons (Fsp3) is 0.933. The second-order valence-electron chi connectivity index (χ2n) is 5.68. The predicted octanol–water partition coefficient (Wildman–Crippen LogP) is 0.311. The van der Waals surface area contributed by atoms with Crippen molar-refractivity contribution in [1.29, 1.82) is 0 Å². The number of ether oxygens (including phenoxy) is 3. The van der Waals surface area contributed by atoms with E-state index in [-0.39, 0.29) is 12.6 Å². The minimum absolute atomic E-state index is 0.126. The number of carbonyl (C=O) groups excluding carboxylic acids is 1. The van der Waals surface area contributed by atoms with Crippen LogP contribution >= 0.6 is 0 Å². The van der Waals surface area contributed by atoms with Gasteiger partial charge in [-0.2, -0.15) is 0 Å². The number of rotatable bonds is 9. The van der Waals surface area contributed by atoms with Crippen LogP contribution in [0.15, 0.2) is 0 Å². The highest BCUT2D eigenvalue weighted by Gasteiger charge is 2.43.